The predicted octanol–water partition coefficient (Wildman–Crippen LogP) is 2.61. The average Bonchev–Trinajstić information content (AvgIpc) is 2.73. The topological polar surface area (TPSA) is 104 Å². The van der Waals surface area contributed by atoms with E-state index in [0.29, 0.717) is 31.4 Å². The van der Waals surface area contributed by atoms with Crippen LogP contribution in [0.4, 0.5) is 0 Å². The smallest absolute Gasteiger partial charge is 0.254 e. The maximum Gasteiger partial charge on any atom is 0.254 e. The number of thioether (sulfide) groups is 1. The highest BCUT2D eigenvalue weighted by atomic mass is 32.2. The quantitative estimate of drug-likeness (QED) is 0.756. The molecule has 28 heavy (non-hydrogen) atoms. The van der Waals surface area contributed by atoms with Crippen LogP contribution in [0.5, 0.6) is 17.2 Å². The third-order valence-electron chi connectivity index (χ3n) is 4.11. The summed E-state index contributed by atoms with van der Waals surface area (Å²) in [7, 11) is 1.45. The molecule has 0 radical (unpaired) electrons. The van der Waals surface area contributed by atoms with Gasteiger partial charge in [-0.3, -0.25) is 14.4 Å². The van der Waals surface area contributed by atoms with Gasteiger partial charge in [0, 0.05) is 24.6 Å². The van der Waals surface area contributed by atoms with Crippen molar-refractivity contribution < 1.29 is 29.3 Å². The number of ether oxygens (including phenoxy) is 1. The fourth-order valence-corrected chi connectivity index (χ4v) is 3.53. The Morgan fingerprint density at radius 2 is 1.57 bits per heavy atom. The number of aromatic hydroxyl groups is 2. The number of amides is 1. The van der Waals surface area contributed by atoms with Gasteiger partial charge in [-0.05, 0) is 24.3 Å². The highest BCUT2D eigenvalue weighted by Crippen LogP contribution is 2.24. The summed E-state index contributed by atoms with van der Waals surface area (Å²) in [5.41, 5.74) is 0.553. The Morgan fingerprint density at radius 1 is 1.00 bits per heavy atom. The van der Waals surface area contributed by atoms with Gasteiger partial charge in [0.1, 0.15) is 17.2 Å². The number of methoxy groups -OCH3 is 1. The lowest BCUT2D eigenvalue weighted by atomic mass is 10.1. The number of carbonyl (C=O) groups excluding carboxylic acids is 3. The van der Waals surface area contributed by atoms with Gasteiger partial charge in [0.2, 0.25) is 0 Å². The van der Waals surface area contributed by atoms with Crippen molar-refractivity contribution in [2.75, 3.05) is 31.7 Å². The molecule has 0 saturated carbocycles. The van der Waals surface area contributed by atoms with Crippen LogP contribution in [-0.2, 0) is 0 Å². The van der Waals surface area contributed by atoms with Crippen LogP contribution in [0.1, 0.15) is 31.1 Å². The number of nitrogens with zero attached hydrogens (tertiary/aromatic N) is 1. The molecule has 1 amide bonds. The summed E-state index contributed by atoms with van der Waals surface area (Å²) in [5, 5.41) is 18.6. The van der Waals surface area contributed by atoms with Gasteiger partial charge in [0.15, 0.2) is 12.6 Å². The van der Waals surface area contributed by atoms with Crippen molar-refractivity contribution in [3.8, 4) is 17.2 Å². The van der Waals surface area contributed by atoms with Crippen molar-refractivity contribution in [2.45, 2.75) is 0 Å². The first kappa shape index (κ1) is 21.3. The number of phenols is 2. The Balaban J connectivity index is 0.000000221. The molecule has 0 aromatic heterocycles. The van der Waals surface area contributed by atoms with Crippen molar-refractivity contribution in [1.82, 2.24) is 4.90 Å². The van der Waals surface area contributed by atoms with Crippen LogP contribution in [-0.4, -0.2) is 65.3 Å². The highest BCUT2D eigenvalue weighted by Gasteiger charge is 2.21. The van der Waals surface area contributed by atoms with Crippen molar-refractivity contribution in [3.63, 3.8) is 0 Å². The number of hydrogen-bond acceptors (Lipinski definition) is 7. The molecule has 2 aromatic carbocycles. The number of rotatable bonds is 4. The predicted molar refractivity (Wildman–Crippen MR) is 107 cm³/mol. The third-order valence-corrected chi connectivity index (χ3v) is 5.05. The molecular weight excluding hydrogens is 382 g/mol. The van der Waals surface area contributed by atoms with E-state index in [1.807, 2.05) is 11.8 Å². The van der Waals surface area contributed by atoms with Gasteiger partial charge >= 0.3 is 0 Å². The molecule has 2 N–H and O–H groups in total. The second-order valence-electron chi connectivity index (χ2n) is 5.77. The van der Waals surface area contributed by atoms with E-state index >= 15 is 0 Å². The number of phenolic OH excluding ortho intramolecular Hbond substituents is 2. The Bertz CT molecular complexity index is 849. The Morgan fingerprint density at radius 3 is 2.11 bits per heavy atom. The van der Waals surface area contributed by atoms with Crippen molar-refractivity contribution in [1.29, 1.82) is 0 Å². The lowest BCUT2D eigenvalue weighted by Crippen LogP contribution is -2.38. The molecule has 7 nitrogen and oxygen atoms in total. The first-order chi connectivity index (χ1) is 13.5. The summed E-state index contributed by atoms with van der Waals surface area (Å²) in [6.45, 7) is 1.38. The molecule has 0 aliphatic carbocycles. The Hall–Kier alpha value is -3.00. The van der Waals surface area contributed by atoms with Crippen LogP contribution in [0.25, 0.3) is 0 Å². The molecule has 1 aliphatic rings. The van der Waals surface area contributed by atoms with Gasteiger partial charge in [-0.1, -0.05) is 12.1 Å². The van der Waals surface area contributed by atoms with E-state index in [0.717, 1.165) is 11.5 Å². The Kier molecular flexibility index (Phi) is 7.88. The normalized spacial score (nSPS) is 13.1. The van der Waals surface area contributed by atoms with E-state index in [2.05, 4.69) is 0 Å². The number of carbonyl (C=O) groups is 3. The zero-order valence-electron chi connectivity index (χ0n) is 15.3. The van der Waals surface area contributed by atoms with Gasteiger partial charge in [-0.2, -0.15) is 11.8 Å². The summed E-state index contributed by atoms with van der Waals surface area (Å²) in [4.78, 5) is 35.2. The molecular formula is C20H21NO6S. The number of hydrogen-bond donors (Lipinski definition) is 2. The minimum atomic E-state index is -0.177. The van der Waals surface area contributed by atoms with E-state index < -0.39 is 0 Å². The van der Waals surface area contributed by atoms with E-state index in [-0.39, 0.29) is 34.1 Å². The minimum Gasteiger partial charge on any atom is -0.507 e. The number of aldehydes is 2. The molecule has 1 fully saturated rings. The Labute approximate surface area is 166 Å². The molecule has 8 heteroatoms. The molecule has 148 valence electrons. The van der Waals surface area contributed by atoms with Crippen molar-refractivity contribution in [2.24, 2.45) is 0 Å². The molecule has 1 saturated heterocycles. The summed E-state index contributed by atoms with van der Waals surface area (Å²) >= 11 is 1.81. The van der Waals surface area contributed by atoms with Crippen molar-refractivity contribution >= 4 is 30.2 Å². The second kappa shape index (κ2) is 10.4. The number of benzene rings is 2. The molecule has 0 spiro atoms. The molecule has 0 atom stereocenters. The van der Waals surface area contributed by atoms with Gasteiger partial charge in [0.05, 0.1) is 23.8 Å². The summed E-state index contributed by atoms with van der Waals surface area (Å²) in [6, 6.07) is 9.23. The average molecular weight is 403 g/mol. The first-order valence-corrected chi connectivity index (χ1v) is 9.64. The lowest BCUT2D eigenvalue weighted by molar-refractivity contribution is 0.0768. The standard InChI is InChI=1S/C12H13NO3S.C8H8O3/c14-8-10-9(2-1-3-11(10)15)12(16)13-4-6-17-7-5-13;1-11-8-4-2-3-7(10)6(8)5-9/h1-3,8,15H,4-7H2;2-5,10H,1H3. The molecule has 3 rings (SSSR count). The van der Waals surface area contributed by atoms with Crippen LogP contribution >= 0.6 is 11.8 Å². The molecule has 0 unspecified atom stereocenters. The summed E-state index contributed by atoms with van der Waals surface area (Å²) in [6.07, 6.45) is 1.09. The van der Waals surface area contributed by atoms with Gasteiger partial charge in [-0.25, -0.2) is 0 Å². The van der Waals surface area contributed by atoms with Gasteiger partial charge < -0.3 is 19.8 Å². The van der Waals surface area contributed by atoms with Crippen LogP contribution in [0.3, 0.4) is 0 Å². The fourth-order valence-electron chi connectivity index (χ4n) is 2.63. The molecule has 1 heterocycles. The summed E-state index contributed by atoms with van der Waals surface area (Å²) in [5.74, 6) is 1.85. The van der Waals surface area contributed by atoms with E-state index in [1.165, 1.54) is 19.2 Å². The zero-order chi connectivity index (χ0) is 20.5. The maximum atomic E-state index is 12.2. The molecule has 0 bridgehead atoms. The van der Waals surface area contributed by atoms with E-state index in [9.17, 15) is 19.5 Å². The summed E-state index contributed by atoms with van der Waals surface area (Å²) < 4.78 is 4.83. The second-order valence-corrected chi connectivity index (χ2v) is 7.00. The zero-order valence-corrected chi connectivity index (χ0v) is 16.1. The van der Waals surface area contributed by atoms with Crippen LogP contribution in [0.15, 0.2) is 36.4 Å². The largest absolute Gasteiger partial charge is 0.507 e. The molecule has 2 aromatic rings. The lowest BCUT2D eigenvalue weighted by Gasteiger charge is -2.26. The SMILES string of the molecule is COc1cccc(O)c1C=O.O=Cc1c(O)cccc1C(=O)N1CCSCC1. The van der Waals surface area contributed by atoms with Crippen molar-refractivity contribution in [3.05, 3.63) is 53.1 Å². The van der Waals surface area contributed by atoms with Gasteiger partial charge in [-0.15, -0.1) is 0 Å². The minimum absolute atomic E-state index is 0.0562. The van der Waals surface area contributed by atoms with Gasteiger partial charge in [0.25, 0.3) is 5.91 Å². The van der Waals surface area contributed by atoms with Crippen LogP contribution < -0.4 is 4.74 Å². The van der Waals surface area contributed by atoms with E-state index in [1.54, 1.807) is 29.2 Å². The van der Waals surface area contributed by atoms with Crippen LogP contribution in [0.2, 0.25) is 0 Å². The highest BCUT2D eigenvalue weighted by molar-refractivity contribution is 7.99. The first-order valence-electron chi connectivity index (χ1n) is 8.48. The third kappa shape index (κ3) is 5.04. The van der Waals surface area contributed by atoms with E-state index in [4.69, 9.17) is 9.84 Å². The fraction of sp³-hybridized carbons (Fsp3) is 0.250. The van der Waals surface area contributed by atoms with Crippen LogP contribution in [0, 0.1) is 0 Å². The maximum absolute atomic E-state index is 12.2. The monoisotopic (exact) mass is 403 g/mol. The molecule has 1 aliphatic heterocycles.